The molecule has 5 heteroatoms. The molecule has 0 radical (unpaired) electrons. The van der Waals surface area contributed by atoms with Gasteiger partial charge in [-0.1, -0.05) is 15.9 Å². The molecule has 0 aliphatic carbocycles. The Morgan fingerprint density at radius 3 is 2.64 bits per heavy atom. The van der Waals surface area contributed by atoms with Crippen LogP contribution < -0.4 is 5.73 Å². The Labute approximate surface area is 89.5 Å². The summed E-state index contributed by atoms with van der Waals surface area (Å²) in [5.74, 6) is -0.588. The van der Waals surface area contributed by atoms with E-state index in [-0.39, 0.29) is 12.1 Å². The summed E-state index contributed by atoms with van der Waals surface area (Å²) in [6.45, 7) is -0.853. The second-order valence-electron chi connectivity index (χ2n) is 3.02. The Balaban J connectivity index is 3.22. The average molecular weight is 264 g/mol. The predicted octanol–water partition coefficient (Wildman–Crippen LogP) is 0.727. The molecule has 3 nitrogen and oxygen atoms in total. The zero-order valence-corrected chi connectivity index (χ0v) is 8.96. The van der Waals surface area contributed by atoms with Crippen LogP contribution in [0.1, 0.15) is 5.56 Å². The molecule has 0 aromatic heterocycles. The molecule has 0 aliphatic rings. The van der Waals surface area contributed by atoms with Gasteiger partial charge in [0.25, 0.3) is 0 Å². The molecule has 0 fully saturated rings. The molecule has 1 atom stereocenters. The van der Waals surface area contributed by atoms with Crippen molar-refractivity contribution >= 4 is 15.9 Å². The van der Waals surface area contributed by atoms with E-state index in [9.17, 15) is 9.50 Å². The molecule has 1 rings (SSSR count). The Morgan fingerprint density at radius 2 is 2.14 bits per heavy atom. The van der Waals surface area contributed by atoms with Gasteiger partial charge in [-0.25, -0.2) is 4.39 Å². The highest BCUT2D eigenvalue weighted by Crippen LogP contribution is 2.25. The van der Waals surface area contributed by atoms with Crippen molar-refractivity contribution in [3.05, 3.63) is 34.1 Å². The molecular weight excluding hydrogens is 253 g/mol. The fourth-order valence-corrected chi connectivity index (χ4v) is 1.47. The van der Waals surface area contributed by atoms with Crippen molar-refractivity contribution in [2.45, 2.75) is 5.60 Å². The number of hydrogen-bond acceptors (Lipinski definition) is 3. The van der Waals surface area contributed by atoms with Crippen molar-refractivity contribution in [3.8, 4) is 0 Å². The van der Waals surface area contributed by atoms with E-state index in [1.165, 1.54) is 18.2 Å². The molecular formula is C9H11BrFNO2. The maximum absolute atomic E-state index is 13.3. The molecule has 0 aliphatic heterocycles. The van der Waals surface area contributed by atoms with Gasteiger partial charge in [0.1, 0.15) is 11.4 Å². The first-order valence-electron chi connectivity index (χ1n) is 4.02. The second-order valence-corrected chi connectivity index (χ2v) is 3.93. The summed E-state index contributed by atoms with van der Waals surface area (Å²) >= 11 is 3.15. The van der Waals surface area contributed by atoms with E-state index in [2.05, 4.69) is 15.9 Å². The van der Waals surface area contributed by atoms with Crippen molar-refractivity contribution < 1.29 is 14.6 Å². The van der Waals surface area contributed by atoms with Gasteiger partial charge in [-0.2, -0.15) is 0 Å². The summed E-state index contributed by atoms with van der Waals surface area (Å²) in [5, 5.41) is 18.7. The summed E-state index contributed by atoms with van der Waals surface area (Å²) in [6.07, 6.45) is 0. The summed E-state index contributed by atoms with van der Waals surface area (Å²) in [6, 6.07) is 4.11. The highest BCUT2D eigenvalue weighted by Gasteiger charge is 2.29. The predicted molar refractivity (Wildman–Crippen MR) is 54.1 cm³/mol. The van der Waals surface area contributed by atoms with Gasteiger partial charge >= 0.3 is 0 Å². The van der Waals surface area contributed by atoms with Gasteiger partial charge < -0.3 is 15.9 Å². The van der Waals surface area contributed by atoms with Crippen molar-refractivity contribution in [2.75, 3.05) is 13.2 Å². The van der Waals surface area contributed by atoms with Crippen molar-refractivity contribution in [3.63, 3.8) is 0 Å². The zero-order chi connectivity index (χ0) is 10.8. The highest BCUT2D eigenvalue weighted by molar-refractivity contribution is 9.10. The number of aliphatic hydroxyl groups excluding tert-OH is 1. The average Bonchev–Trinajstić information content (AvgIpc) is 2.20. The normalized spacial score (nSPS) is 15.2. The standard InChI is InChI=1S/C9H11BrFNO2/c10-6-1-2-8(11)7(3-6)9(14,4-12)5-13/h1-3,13-14H,4-5,12H2/t9-/m1/s1. The summed E-state index contributed by atoms with van der Waals surface area (Å²) in [4.78, 5) is 0. The smallest absolute Gasteiger partial charge is 0.129 e. The number of benzene rings is 1. The van der Waals surface area contributed by atoms with Gasteiger partial charge in [-0.3, -0.25) is 0 Å². The maximum atomic E-state index is 13.3. The lowest BCUT2D eigenvalue weighted by Gasteiger charge is -2.24. The van der Waals surface area contributed by atoms with E-state index in [1.54, 1.807) is 0 Å². The lowest BCUT2D eigenvalue weighted by Crippen LogP contribution is -2.39. The van der Waals surface area contributed by atoms with Crippen LogP contribution in [0.4, 0.5) is 4.39 Å². The van der Waals surface area contributed by atoms with E-state index in [0.29, 0.717) is 4.47 Å². The minimum atomic E-state index is -1.71. The minimum Gasteiger partial charge on any atom is -0.393 e. The highest BCUT2D eigenvalue weighted by atomic mass is 79.9. The second kappa shape index (κ2) is 4.35. The van der Waals surface area contributed by atoms with E-state index < -0.39 is 18.0 Å². The van der Waals surface area contributed by atoms with Gasteiger partial charge in [0.2, 0.25) is 0 Å². The van der Waals surface area contributed by atoms with Crippen LogP contribution in [0, 0.1) is 5.82 Å². The van der Waals surface area contributed by atoms with E-state index in [0.717, 1.165) is 0 Å². The Hall–Kier alpha value is -0.490. The quantitative estimate of drug-likeness (QED) is 0.753. The van der Waals surface area contributed by atoms with Crippen molar-refractivity contribution in [2.24, 2.45) is 5.73 Å². The van der Waals surface area contributed by atoms with Crippen LogP contribution in [0.15, 0.2) is 22.7 Å². The van der Waals surface area contributed by atoms with Gasteiger partial charge in [0.15, 0.2) is 0 Å². The number of aliphatic hydroxyl groups is 2. The monoisotopic (exact) mass is 263 g/mol. The Morgan fingerprint density at radius 1 is 1.50 bits per heavy atom. The summed E-state index contributed by atoms with van der Waals surface area (Å²) < 4.78 is 13.9. The molecule has 0 bridgehead atoms. The first-order chi connectivity index (χ1) is 6.53. The lowest BCUT2D eigenvalue weighted by atomic mass is 9.94. The number of rotatable bonds is 3. The third-order valence-electron chi connectivity index (χ3n) is 2.03. The Bertz CT molecular complexity index is 329. The van der Waals surface area contributed by atoms with Crippen LogP contribution in [-0.2, 0) is 5.60 Å². The third-order valence-corrected chi connectivity index (χ3v) is 2.52. The molecule has 1 aromatic carbocycles. The SMILES string of the molecule is NC[C@@](O)(CO)c1cc(Br)ccc1F. The van der Waals surface area contributed by atoms with Gasteiger partial charge in [0, 0.05) is 16.6 Å². The van der Waals surface area contributed by atoms with E-state index in [4.69, 9.17) is 10.8 Å². The van der Waals surface area contributed by atoms with Crippen LogP contribution in [0.5, 0.6) is 0 Å². The number of nitrogens with two attached hydrogens (primary N) is 1. The minimum absolute atomic E-state index is 0.00289. The molecule has 0 saturated carbocycles. The fraction of sp³-hybridized carbons (Fsp3) is 0.333. The molecule has 0 saturated heterocycles. The molecule has 0 spiro atoms. The molecule has 0 unspecified atom stereocenters. The fourth-order valence-electron chi connectivity index (χ4n) is 1.11. The van der Waals surface area contributed by atoms with Crippen molar-refractivity contribution in [1.29, 1.82) is 0 Å². The molecule has 14 heavy (non-hydrogen) atoms. The van der Waals surface area contributed by atoms with Crippen LogP contribution in [0.2, 0.25) is 0 Å². The van der Waals surface area contributed by atoms with Crippen LogP contribution in [0.25, 0.3) is 0 Å². The third kappa shape index (κ3) is 2.12. The van der Waals surface area contributed by atoms with Crippen LogP contribution in [0.3, 0.4) is 0 Å². The maximum Gasteiger partial charge on any atom is 0.129 e. The van der Waals surface area contributed by atoms with Gasteiger partial charge in [-0.15, -0.1) is 0 Å². The topological polar surface area (TPSA) is 66.5 Å². The molecule has 1 aromatic rings. The molecule has 4 N–H and O–H groups in total. The zero-order valence-electron chi connectivity index (χ0n) is 7.37. The van der Waals surface area contributed by atoms with Gasteiger partial charge in [-0.05, 0) is 18.2 Å². The molecule has 78 valence electrons. The first kappa shape index (κ1) is 11.6. The van der Waals surface area contributed by atoms with Gasteiger partial charge in [0.05, 0.1) is 6.61 Å². The van der Waals surface area contributed by atoms with E-state index >= 15 is 0 Å². The van der Waals surface area contributed by atoms with E-state index in [1.807, 2.05) is 0 Å². The largest absolute Gasteiger partial charge is 0.393 e. The first-order valence-corrected chi connectivity index (χ1v) is 4.81. The summed E-state index contributed by atoms with van der Waals surface area (Å²) in [7, 11) is 0. The number of halogens is 2. The summed E-state index contributed by atoms with van der Waals surface area (Å²) in [5.41, 5.74) is 3.56. The van der Waals surface area contributed by atoms with Crippen LogP contribution >= 0.6 is 15.9 Å². The molecule has 0 amide bonds. The lowest BCUT2D eigenvalue weighted by molar-refractivity contribution is -0.0138. The molecule has 0 heterocycles. The van der Waals surface area contributed by atoms with Crippen molar-refractivity contribution in [1.82, 2.24) is 0 Å². The number of hydrogen-bond donors (Lipinski definition) is 3. The Kier molecular flexibility index (Phi) is 3.60. The van der Waals surface area contributed by atoms with Crippen LogP contribution in [-0.4, -0.2) is 23.4 Å².